The highest BCUT2D eigenvalue weighted by molar-refractivity contribution is 7.14. The molecule has 0 aliphatic rings. The zero-order chi connectivity index (χ0) is 23.9. The molecular formula is C22H27ClFN3O5S. The number of benzene rings is 1. The molecule has 0 radical (unpaired) electrons. The molecule has 0 spiro atoms. The average Bonchev–Trinajstić information content (AvgIpc) is 3.21. The van der Waals surface area contributed by atoms with Crippen LogP contribution < -0.4 is 15.8 Å². The quantitative estimate of drug-likeness (QED) is 0.160. The number of rotatable bonds is 11. The van der Waals surface area contributed by atoms with Gasteiger partial charge < -0.3 is 20.9 Å². The van der Waals surface area contributed by atoms with E-state index >= 15 is 0 Å². The van der Waals surface area contributed by atoms with Gasteiger partial charge in [0.1, 0.15) is 10.7 Å². The molecule has 0 saturated heterocycles. The molecule has 33 heavy (non-hydrogen) atoms. The third kappa shape index (κ3) is 7.26. The summed E-state index contributed by atoms with van der Waals surface area (Å²) in [6.07, 6.45) is 1.29. The summed E-state index contributed by atoms with van der Waals surface area (Å²) in [5.41, 5.74) is 4.76. The second-order valence-electron chi connectivity index (χ2n) is 7.28. The van der Waals surface area contributed by atoms with Crippen molar-refractivity contribution in [1.82, 2.24) is 5.32 Å². The number of carbonyl (C=O) groups excluding carboxylic acids is 2. The van der Waals surface area contributed by atoms with Crippen molar-refractivity contribution in [3.8, 4) is 5.75 Å². The monoisotopic (exact) mass is 499 g/mol. The maximum absolute atomic E-state index is 14.1. The Kier molecular flexibility index (Phi) is 10.5. The maximum atomic E-state index is 14.1. The highest BCUT2D eigenvalue weighted by Gasteiger charge is 2.35. The van der Waals surface area contributed by atoms with E-state index in [1.54, 1.807) is 12.1 Å². The van der Waals surface area contributed by atoms with Crippen LogP contribution in [0.1, 0.15) is 53.2 Å². The van der Waals surface area contributed by atoms with Crippen LogP contribution in [0.5, 0.6) is 5.75 Å². The summed E-state index contributed by atoms with van der Waals surface area (Å²) in [5.74, 6) is -3.33. The molecule has 11 heteroatoms. The topological polar surface area (TPSA) is 143 Å². The number of nitrogen functional groups attached to an aromatic ring is 1. The molecule has 0 aliphatic heterocycles. The number of aliphatic carboxylic acids is 1. The van der Waals surface area contributed by atoms with E-state index in [-0.39, 0.29) is 53.3 Å². The van der Waals surface area contributed by atoms with Crippen LogP contribution in [0.25, 0.3) is 0 Å². The number of amidine groups is 1. The number of esters is 1. The Morgan fingerprint density at radius 2 is 1.88 bits per heavy atom. The van der Waals surface area contributed by atoms with Crippen LogP contribution in [0.4, 0.5) is 4.39 Å². The van der Waals surface area contributed by atoms with E-state index < -0.39 is 23.2 Å². The van der Waals surface area contributed by atoms with E-state index in [4.69, 9.17) is 21.0 Å². The van der Waals surface area contributed by atoms with Crippen molar-refractivity contribution < 1.29 is 28.6 Å². The number of carboxylic acids is 1. The molecule has 1 aromatic heterocycles. The second kappa shape index (κ2) is 12.3. The van der Waals surface area contributed by atoms with Crippen molar-refractivity contribution in [1.29, 1.82) is 5.41 Å². The van der Waals surface area contributed by atoms with Crippen LogP contribution in [0.2, 0.25) is 0 Å². The largest absolute Gasteiger partial charge is 0.481 e. The van der Waals surface area contributed by atoms with Crippen LogP contribution in [0.3, 0.4) is 0 Å². The Balaban J connectivity index is 0.00000544. The van der Waals surface area contributed by atoms with Crippen molar-refractivity contribution in [3.63, 3.8) is 0 Å². The summed E-state index contributed by atoms with van der Waals surface area (Å²) >= 11 is 1.15. The Morgan fingerprint density at radius 3 is 2.42 bits per heavy atom. The SMILES string of the molecule is CCC(CC)(Cc1ccc(C(=O)Oc2ccc(C(=N)N)cc2F)s1)C(=O)NCCC(=O)O.Cl. The highest BCUT2D eigenvalue weighted by Crippen LogP contribution is 2.34. The van der Waals surface area contributed by atoms with Crippen molar-refractivity contribution in [2.24, 2.45) is 11.1 Å². The number of ether oxygens (including phenoxy) is 1. The first-order valence-electron chi connectivity index (χ1n) is 10.1. The van der Waals surface area contributed by atoms with Gasteiger partial charge in [-0.15, -0.1) is 23.7 Å². The lowest BCUT2D eigenvalue weighted by Gasteiger charge is -2.29. The van der Waals surface area contributed by atoms with Crippen molar-refractivity contribution in [2.75, 3.05) is 6.54 Å². The van der Waals surface area contributed by atoms with Crippen LogP contribution in [-0.4, -0.2) is 35.3 Å². The van der Waals surface area contributed by atoms with Gasteiger partial charge >= 0.3 is 11.9 Å². The Bertz CT molecular complexity index is 1020. The van der Waals surface area contributed by atoms with Gasteiger partial charge in [-0.1, -0.05) is 13.8 Å². The predicted molar refractivity (Wildman–Crippen MR) is 126 cm³/mol. The van der Waals surface area contributed by atoms with Crippen LogP contribution in [0, 0.1) is 16.6 Å². The smallest absolute Gasteiger partial charge is 0.353 e. The third-order valence-electron chi connectivity index (χ3n) is 5.28. The first kappa shape index (κ1) is 28.1. The summed E-state index contributed by atoms with van der Waals surface area (Å²) in [4.78, 5) is 36.9. The molecule has 5 N–H and O–H groups in total. The molecule has 2 rings (SSSR count). The summed E-state index contributed by atoms with van der Waals surface area (Å²) in [7, 11) is 0. The van der Waals surface area contributed by atoms with E-state index in [2.05, 4.69) is 5.32 Å². The van der Waals surface area contributed by atoms with Crippen LogP contribution in [-0.2, 0) is 16.0 Å². The molecule has 1 aromatic carbocycles. The van der Waals surface area contributed by atoms with E-state index in [0.29, 0.717) is 19.3 Å². The van der Waals surface area contributed by atoms with Gasteiger partial charge in [0.05, 0.1) is 11.8 Å². The fourth-order valence-corrected chi connectivity index (χ4v) is 4.22. The zero-order valence-electron chi connectivity index (χ0n) is 18.3. The highest BCUT2D eigenvalue weighted by atomic mass is 35.5. The number of hydrogen-bond acceptors (Lipinski definition) is 6. The lowest BCUT2D eigenvalue weighted by molar-refractivity contribution is -0.137. The van der Waals surface area contributed by atoms with Gasteiger partial charge in [0, 0.05) is 17.0 Å². The summed E-state index contributed by atoms with van der Waals surface area (Å²) in [6, 6.07) is 6.92. The summed E-state index contributed by atoms with van der Waals surface area (Å²) in [5, 5.41) is 18.8. The summed E-state index contributed by atoms with van der Waals surface area (Å²) < 4.78 is 19.3. The number of halogens is 2. The third-order valence-corrected chi connectivity index (χ3v) is 6.35. The van der Waals surface area contributed by atoms with Gasteiger partial charge in [-0.05, 0) is 49.6 Å². The fourth-order valence-electron chi connectivity index (χ4n) is 3.19. The molecule has 0 bridgehead atoms. The normalized spacial score (nSPS) is 10.8. The second-order valence-corrected chi connectivity index (χ2v) is 8.45. The predicted octanol–water partition coefficient (Wildman–Crippen LogP) is 3.75. The number of nitrogens with two attached hydrogens (primary N) is 1. The lowest BCUT2D eigenvalue weighted by atomic mass is 9.78. The first-order valence-corrected chi connectivity index (χ1v) is 10.9. The zero-order valence-corrected chi connectivity index (χ0v) is 19.9. The van der Waals surface area contributed by atoms with Crippen LogP contribution in [0.15, 0.2) is 30.3 Å². The molecule has 1 heterocycles. The number of carbonyl (C=O) groups is 3. The Morgan fingerprint density at radius 1 is 1.21 bits per heavy atom. The van der Waals surface area contributed by atoms with Crippen LogP contribution >= 0.6 is 23.7 Å². The minimum absolute atomic E-state index is 0. The molecule has 180 valence electrons. The molecule has 8 nitrogen and oxygen atoms in total. The van der Waals surface area contributed by atoms with Gasteiger partial charge in [-0.2, -0.15) is 0 Å². The molecule has 0 atom stereocenters. The molecular weight excluding hydrogens is 473 g/mol. The number of nitrogens with one attached hydrogen (secondary N) is 2. The van der Waals surface area contributed by atoms with Gasteiger partial charge in [0.2, 0.25) is 5.91 Å². The van der Waals surface area contributed by atoms with E-state index in [0.717, 1.165) is 22.3 Å². The first-order chi connectivity index (χ1) is 15.1. The standard InChI is InChI=1S/C22H26FN3O5S.ClH/c1-3-22(4-2,21(30)26-10-9-18(27)28)12-14-6-8-17(32-14)20(29)31-16-7-5-13(19(24)25)11-15(16)23;/h5-8,11H,3-4,9-10,12H2,1-2H3,(H3,24,25)(H,26,30)(H,27,28);1H. The molecule has 0 saturated carbocycles. The summed E-state index contributed by atoms with van der Waals surface area (Å²) in [6.45, 7) is 3.82. The molecule has 2 aromatic rings. The molecule has 0 fully saturated rings. The number of hydrogen-bond donors (Lipinski definition) is 4. The number of carboxylic acid groups (broad SMARTS) is 1. The molecule has 1 amide bonds. The maximum Gasteiger partial charge on any atom is 0.353 e. The van der Waals surface area contributed by atoms with Gasteiger partial charge in [-0.3, -0.25) is 15.0 Å². The van der Waals surface area contributed by atoms with Gasteiger partial charge in [0.25, 0.3) is 0 Å². The number of thiophene rings is 1. The van der Waals surface area contributed by atoms with E-state index in [9.17, 15) is 18.8 Å². The van der Waals surface area contributed by atoms with Crippen molar-refractivity contribution in [3.05, 3.63) is 51.5 Å². The fraction of sp³-hybridized carbons (Fsp3) is 0.364. The van der Waals surface area contributed by atoms with E-state index in [1.807, 2.05) is 13.8 Å². The van der Waals surface area contributed by atoms with Gasteiger partial charge in [0.15, 0.2) is 11.6 Å². The molecule has 0 aliphatic carbocycles. The minimum Gasteiger partial charge on any atom is -0.481 e. The molecule has 0 unspecified atom stereocenters. The lowest BCUT2D eigenvalue weighted by Crippen LogP contribution is -2.42. The minimum atomic E-state index is -0.988. The van der Waals surface area contributed by atoms with Gasteiger partial charge in [-0.25, -0.2) is 9.18 Å². The Labute approximate surface area is 201 Å². The average molecular weight is 500 g/mol. The Hall–Kier alpha value is -2.98. The number of amides is 1. The van der Waals surface area contributed by atoms with E-state index in [1.165, 1.54) is 12.1 Å². The van der Waals surface area contributed by atoms with Crippen molar-refractivity contribution >= 4 is 47.4 Å². The van der Waals surface area contributed by atoms with Crippen molar-refractivity contribution in [2.45, 2.75) is 39.5 Å².